The van der Waals surface area contributed by atoms with Gasteiger partial charge in [0.1, 0.15) is 17.4 Å². The van der Waals surface area contributed by atoms with Gasteiger partial charge in [-0.1, -0.05) is 29.5 Å². The van der Waals surface area contributed by atoms with Crippen molar-refractivity contribution in [1.82, 2.24) is 25.0 Å². The summed E-state index contributed by atoms with van der Waals surface area (Å²) in [5.41, 5.74) is 1.30. The highest BCUT2D eigenvalue weighted by atomic mass is 35.5. The second-order valence-corrected chi connectivity index (χ2v) is 13.4. The molecule has 48 heavy (non-hydrogen) atoms. The van der Waals surface area contributed by atoms with Gasteiger partial charge in [-0.25, -0.2) is 23.8 Å². The quantitative estimate of drug-likeness (QED) is 0.276. The van der Waals surface area contributed by atoms with E-state index < -0.39 is 29.3 Å². The van der Waals surface area contributed by atoms with Crippen molar-refractivity contribution in [2.24, 2.45) is 4.99 Å². The standard InChI is InChI=1S/C34H32ClFN6O5S/c1-34(2,11-10-20-4-6-21(7-5-20)31(43)44)42-18-23-17-40(13-14-41(23)33(42)46)19-26-27(32(45)47-3)28(24-9-8-22(36)16-25(24)35)39-29(38-26)30-37-12-15-48-30/h4-9,12,15-16,23,28H,13-14,17-19H2,1-3H3,(H,38,39)(H,43,44)/t23-,28-/m0/s1. The minimum Gasteiger partial charge on any atom is -0.478 e. The van der Waals surface area contributed by atoms with Crippen LogP contribution in [-0.2, 0) is 9.53 Å². The average Bonchev–Trinajstić information content (AvgIpc) is 3.72. The highest BCUT2D eigenvalue weighted by Crippen LogP contribution is 2.37. The average molecular weight is 691 g/mol. The van der Waals surface area contributed by atoms with Crippen LogP contribution in [0, 0.1) is 17.7 Å². The first-order valence-corrected chi connectivity index (χ1v) is 16.4. The molecule has 11 nitrogen and oxygen atoms in total. The summed E-state index contributed by atoms with van der Waals surface area (Å²) in [7, 11) is 1.30. The number of carboxylic acid groups (broad SMARTS) is 1. The minimum absolute atomic E-state index is 0.102. The van der Waals surface area contributed by atoms with Crippen LogP contribution in [0.3, 0.4) is 0 Å². The summed E-state index contributed by atoms with van der Waals surface area (Å²) in [6.07, 6.45) is 1.66. The summed E-state index contributed by atoms with van der Waals surface area (Å²) in [5.74, 6) is 4.63. The Bertz CT molecular complexity index is 1890. The number of nitrogens with one attached hydrogen (secondary N) is 1. The number of carbonyl (C=O) groups excluding carboxylic acids is 2. The molecule has 14 heteroatoms. The zero-order valence-electron chi connectivity index (χ0n) is 26.4. The third kappa shape index (κ3) is 6.64. The molecule has 0 saturated carbocycles. The van der Waals surface area contributed by atoms with Gasteiger partial charge in [-0.05, 0) is 50.2 Å². The maximum Gasteiger partial charge on any atom is 0.338 e. The number of aromatic carboxylic acids is 1. The lowest BCUT2D eigenvalue weighted by molar-refractivity contribution is -0.136. The first kappa shape index (κ1) is 33.1. The summed E-state index contributed by atoms with van der Waals surface area (Å²) in [5, 5.41) is 15.0. The number of halogens is 2. The Morgan fingerprint density at radius 1 is 1.19 bits per heavy atom. The lowest BCUT2D eigenvalue weighted by atomic mass is 9.95. The van der Waals surface area contributed by atoms with Crippen LogP contribution in [0.1, 0.15) is 46.4 Å². The van der Waals surface area contributed by atoms with Crippen LogP contribution in [0.25, 0.3) is 0 Å². The molecule has 0 bridgehead atoms. The van der Waals surface area contributed by atoms with Crippen LogP contribution < -0.4 is 5.32 Å². The number of aromatic nitrogens is 1. The highest BCUT2D eigenvalue weighted by Gasteiger charge is 2.46. The van der Waals surface area contributed by atoms with Crippen LogP contribution >= 0.6 is 22.9 Å². The Balaban J connectivity index is 1.24. The Hall–Kier alpha value is -4.77. The number of amidine groups is 1. The number of thiazole rings is 1. The third-order valence-corrected chi connectivity index (χ3v) is 9.67. The maximum atomic E-state index is 14.0. The van der Waals surface area contributed by atoms with Crippen LogP contribution in [0.5, 0.6) is 0 Å². The topological polar surface area (TPSA) is 128 Å². The number of ether oxygens (including phenoxy) is 1. The number of aliphatic imine (C=N–C) groups is 1. The van der Waals surface area contributed by atoms with Crippen molar-refractivity contribution >= 4 is 46.7 Å². The van der Waals surface area contributed by atoms with Gasteiger partial charge in [-0.15, -0.1) is 11.3 Å². The smallest absolute Gasteiger partial charge is 0.338 e. The van der Waals surface area contributed by atoms with Crippen molar-refractivity contribution in [2.75, 3.05) is 39.8 Å². The molecule has 2 saturated heterocycles. The van der Waals surface area contributed by atoms with E-state index in [1.165, 1.54) is 48.8 Å². The van der Waals surface area contributed by atoms with Gasteiger partial charge in [0.05, 0.1) is 24.3 Å². The van der Waals surface area contributed by atoms with Crippen LogP contribution in [0.15, 0.2) is 70.3 Å². The van der Waals surface area contributed by atoms with Crippen molar-refractivity contribution in [3.8, 4) is 11.8 Å². The van der Waals surface area contributed by atoms with E-state index in [9.17, 15) is 18.8 Å². The van der Waals surface area contributed by atoms with E-state index in [1.54, 1.807) is 23.2 Å². The van der Waals surface area contributed by atoms with Gasteiger partial charge in [0.15, 0.2) is 10.8 Å². The monoisotopic (exact) mass is 690 g/mol. The molecule has 6 rings (SSSR count). The summed E-state index contributed by atoms with van der Waals surface area (Å²) in [6, 6.07) is 9.19. The lowest BCUT2D eigenvalue weighted by Crippen LogP contribution is -2.53. The van der Waals surface area contributed by atoms with Gasteiger partial charge in [-0.2, -0.15) is 0 Å². The molecule has 0 aliphatic carbocycles. The number of urea groups is 1. The number of amides is 2. The molecule has 0 radical (unpaired) electrons. The fraction of sp³-hybridized carbons (Fsp3) is 0.324. The normalized spacial score (nSPS) is 19.7. The van der Waals surface area contributed by atoms with Crippen molar-refractivity contribution in [2.45, 2.75) is 31.5 Å². The molecule has 2 amide bonds. The predicted molar refractivity (Wildman–Crippen MR) is 178 cm³/mol. The number of hydrogen-bond donors (Lipinski definition) is 2. The summed E-state index contributed by atoms with van der Waals surface area (Å²) >= 11 is 7.87. The molecule has 0 unspecified atom stereocenters. The van der Waals surface area contributed by atoms with Crippen LogP contribution in [0.2, 0.25) is 5.02 Å². The number of rotatable bonds is 7. The molecule has 3 aliphatic rings. The fourth-order valence-electron chi connectivity index (χ4n) is 6.06. The molecule has 2 atom stereocenters. The summed E-state index contributed by atoms with van der Waals surface area (Å²) < 4.78 is 19.2. The Morgan fingerprint density at radius 2 is 1.96 bits per heavy atom. The van der Waals surface area contributed by atoms with E-state index in [1.807, 2.05) is 24.1 Å². The maximum absolute atomic E-state index is 14.0. The Kier molecular flexibility index (Phi) is 9.24. The van der Waals surface area contributed by atoms with E-state index in [0.29, 0.717) is 60.4 Å². The Labute approximate surface area is 285 Å². The van der Waals surface area contributed by atoms with Crippen LogP contribution in [-0.4, -0.2) is 100 Å². The number of methoxy groups -OCH3 is 1. The second-order valence-electron chi connectivity index (χ2n) is 12.1. The molecule has 2 fully saturated rings. The molecule has 2 N–H and O–H groups in total. The van der Waals surface area contributed by atoms with E-state index in [-0.39, 0.29) is 28.2 Å². The van der Waals surface area contributed by atoms with Gasteiger partial charge in [0, 0.05) is 66.1 Å². The van der Waals surface area contributed by atoms with Crippen molar-refractivity contribution < 1.29 is 28.6 Å². The van der Waals surface area contributed by atoms with E-state index in [4.69, 9.17) is 26.4 Å². The molecule has 3 aliphatic heterocycles. The number of benzene rings is 2. The number of nitrogens with zero attached hydrogens (tertiary/aromatic N) is 5. The number of hydrogen-bond acceptors (Lipinski definition) is 9. The fourth-order valence-corrected chi connectivity index (χ4v) is 6.92. The molecular weight excluding hydrogens is 659 g/mol. The zero-order valence-corrected chi connectivity index (χ0v) is 27.9. The van der Waals surface area contributed by atoms with Crippen molar-refractivity contribution in [3.63, 3.8) is 0 Å². The van der Waals surface area contributed by atoms with Crippen molar-refractivity contribution in [3.05, 3.63) is 97.8 Å². The van der Waals surface area contributed by atoms with Crippen LogP contribution in [0.4, 0.5) is 9.18 Å². The second kappa shape index (κ2) is 13.4. The van der Waals surface area contributed by atoms with E-state index in [0.717, 1.165) is 0 Å². The van der Waals surface area contributed by atoms with Crippen molar-refractivity contribution in [1.29, 1.82) is 0 Å². The van der Waals surface area contributed by atoms with Gasteiger partial charge in [0.2, 0.25) is 0 Å². The molecular formula is C34H32ClFN6O5S. The number of fused-ring (bicyclic) bond motifs is 1. The van der Waals surface area contributed by atoms with E-state index >= 15 is 0 Å². The third-order valence-electron chi connectivity index (χ3n) is 8.56. The minimum atomic E-state index is -1.01. The number of carbonyl (C=O) groups is 3. The van der Waals surface area contributed by atoms with Gasteiger partial charge in [0.25, 0.3) is 0 Å². The SMILES string of the molecule is COC(=O)C1=C(CN2CCN3C(=O)N(C(C)(C)C#Cc4ccc(C(=O)O)cc4)C[C@@H]3C2)NC(c2nccs2)=N[C@H]1c1ccc(F)cc1Cl. The summed E-state index contributed by atoms with van der Waals surface area (Å²) in [6.45, 7) is 6.10. The first-order chi connectivity index (χ1) is 22.9. The molecule has 3 aromatic rings. The molecule has 2 aromatic carbocycles. The van der Waals surface area contributed by atoms with Gasteiger partial charge < -0.3 is 25.0 Å². The largest absolute Gasteiger partial charge is 0.478 e. The van der Waals surface area contributed by atoms with E-state index in [2.05, 4.69) is 27.0 Å². The number of piperazine rings is 1. The summed E-state index contributed by atoms with van der Waals surface area (Å²) in [4.78, 5) is 53.1. The zero-order chi connectivity index (χ0) is 34.2. The molecule has 248 valence electrons. The van der Waals surface area contributed by atoms with Gasteiger partial charge in [-0.3, -0.25) is 9.89 Å². The molecule has 0 spiro atoms. The number of carboxylic acids is 1. The highest BCUT2D eigenvalue weighted by molar-refractivity contribution is 7.11. The predicted octanol–water partition coefficient (Wildman–Crippen LogP) is 4.40. The Morgan fingerprint density at radius 3 is 2.62 bits per heavy atom. The lowest BCUT2D eigenvalue weighted by Gasteiger charge is -2.38. The van der Waals surface area contributed by atoms with Gasteiger partial charge >= 0.3 is 18.0 Å². The molecule has 1 aromatic heterocycles. The molecule has 4 heterocycles. The number of esters is 1. The first-order valence-electron chi connectivity index (χ1n) is 15.1.